The van der Waals surface area contributed by atoms with E-state index in [0.29, 0.717) is 31.4 Å². The Balaban J connectivity index is 1.35. The van der Waals surface area contributed by atoms with Crippen molar-refractivity contribution in [2.24, 2.45) is 5.92 Å². The quantitative estimate of drug-likeness (QED) is 0.629. The molecule has 3 amide bonds. The van der Waals surface area contributed by atoms with Crippen LogP contribution < -0.4 is 4.90 Å². The molecule has 2 aromatic rings. The zero-order valence-electron chi connectivity index (χ0n) is 20.1. The Kier molecular flexibility index (Phi) is 5.77. The summed E-state index contributed by atoms with van der Waals surface area (Å²) in [6.45, 7) is 0.372. The molecule has 3 fully saturated rings. The van der Waals surface area contributed by atoms with Crippen LogP contribution in [-0.4, -0.2) is 57.7 Å². The molecule has 2 aliphatic carbocycles. The molecule has 10 heteroatoms. The summed E-state index contributed by atoms with van der Waals surface area (Å²) in [6.07, 6.45) is 2.57. The summed E-state index contributed by atoms with van der Waals surface area (Å²) in [7, 11) is 0. The van der Waals surface area contributed by atoms with Crippen LogP contribution in [0, 0.1) is 17.6 Å². The van der Waals surface area contributed by atoms with Crippen molar-refractivity contribution in [2.45, 2.75) is 62.9 Å². The first-order chi connectivity index (χ1) is 17.8. The van der Waals surface area contributed by atoms with Crippen LogP contribution >= 0.6 is 0 Å². The molecule has 2 saturated carbocycles. The lowest BCUT2D eigenvalue weighted by Crippen LogP contribution is -2.63. The second kappa shape index (κ2) is 9.00. The van der Waals surface area contributed by atoms with E-state index in [1.54, 1.807) is 4.90 Å². The Morgan fingerprint density at radius 1 is 1.00 bits per heavy atom. The van der Waals surface area contributed by atoms with Gasteiger partial charge in [0.1, 0.15) is 12.6 Å². The highest BCUT2D eigenvalue weighted by atomic mass is 19.2. The number of halogens is 2. The number of hydrogen-bond donors (Lipinski definition) is 1. The van der Waals surface area contributed by atoms with Crippen molar-refractivity contribution < 1.29 is 33.0 Å². The van der Waals surface area contributed by atoms with Gasteiger partial charge in [0.15, 0.2) is 11.6 Å². The number of hydrogen-bond acceptors (Lipinski definition) is 4. The molecule has 2 aliphatic heterocycles. The number of anilines is 1. The number of rotatable bonds is 5. The maximum atomic E-state index is 14.6. The zero-order valence-corrected chi connectivity index (χ0v) is 20.1. The minimum atomic E-state index is -1.09. The average molecular weight is 512 g/mol. The molecule has 4 aliphatic rings. The van der Waals surface area contributed by atoms with Crippen LogP contribution in [0.25, 0.3) is 0 Å². The predicted octanol–water partition coefficient (Wildman–Crippen LogP) is 4.68. The summed E-state index contributed by atoms with van der Waals surface area (Å²) < 4.78 is 34.7. The Hall–Kier alpha value is -3.69. The molecule has 1 saturated heterocycles. The summed E-state index contributed by atoms with van der Waals surface area (Å²) in [5, 5.41) is 9.50. The highest BCUT2D eigenvalue weighted by Crippen LogP contribution is 2.55. The number of urea groups is 1. The fraction of sp³-hybridized carbons (Fsp3) is 0.444. The highest BCUT2D eigenvalue weighted by molar-refractivity contribution is 5.91. The van der Waals surface area contributed by atoms with Gasteiger partial charge in [-0.3, -0.25) is 4.90 Å². The van der Waals surface area contributed by atoms with E-state index < -0.39 is 41.8 Å². The number of ether oxygens (including phenoxy) is 1. The van der Waals surface area contributed by atoms with E-state index in [4.69, 9.17) is 4.74 Å². The molecule has 37 heavy (non-hydrogen) atoms. The first kappa shape index (κ1) is 23.7. The Labute approximate surface area is 212 Å². The molecule has 4 atom stereocenters. The molecule has 0 unspecified atom stereocenters. The summed E-state index contributed by atoms with van der Waals surface area (Å²) >= 11 is 0. The SMILES string of the molecule is O=C(O)[C@H]1CCN1C(=O)N(C1CC1)[C@H]1c2cc(F)c(F)cc2N(C(=O)OCc2ccccc2)[C@@H]2CC[C@@H]21. The molecule has 1 N–H and O–H groups in total. The molecule has 0 spiro atoms. The van der Waals surface area contributed by atoms with Crippen LogP contribution in [0.1, 0.15) is 49.3 Å². The van der Waals surface area contributed by atoms with Gasteiger partial charge in [-0.2, -0.15) is 0 Å². The summed E-state index contributed by atoms with van der Waals surface area (Å²) in [6, 6.07) is 8.95. The third-order valence-corrected chi connectivity index (χ3v) is 8.09. The molecule has 8 nitrogen and oxygen atoms in total. The van der Waals surface area contributed by atoms with E-state index in [-0.39, 0.29) is 30.3 Å². The van der Waals surface area contributed by atoms with Crippen LogP contribution in [0.4, 0.5) is 24.1 Å². The van der Waals surface area contributed by atoms with Gasteiger partial charge in [0, 0.05) is 36.2 Å². The van der Waals surface area contributed by atoms with E-state index in [2.05, 4.69) is 0 Å². The maximum absolute atomic E-state index is 14.6. The summed E-state index contributed by atoms with van der Waals surface area (Å²) in [5.41, 5.74) is 1.35. The minimum Gasteiger partial charge on any atom is -0.480 e. The van der Waals surface area contributed by atoms with Gasteiger partial charge in [-0.05, 0) is 43.7 Å². The Morgan fingerprint density at radius 2 is 1.73 bits per heavy atom. The van der Waals surface area contributed by atoms with Gasteiger partial charge in [-0.25, -0.2) is 23.2 Å². The number of aliphatic carboxylic acids is 1. The number of carbonyl (C=O) groups is 3. The maximum Gasteiger partial charge on any atom is 0.414 e. The molecule has 2 heterocycles. The Bertz CT molecular complexity index is 1250. The van der Waals surface area contributed by atoms with Crippen LogP contribution in [0.5, 0.6) is 0 Å². The van der Waals surface area contributed by atoms with Crippen LogP contribution in [-0.2, 0) is 16.1 Å². The lowest BCUT2D eigenvalue weighted by atomic mass is 9.68. The lowest BCUT2D eigenvalue weighted by Gasteiger charge is -2.55. The fourth-order valence-corrected chi connectivity index (χ4v) is 5.86. The largest absolute Gasteiger partial charge is 0.480 e. The van der Waals surface area contributed by atoms with Crippen LogP contribution in [0.15, 0.2) is 42.5 Å². The number of benzene rings is 2. The van der Waals surface area contributed by atoms with Crippen molar-refractivity contribution in [1.29, 1.82) is 0 Å². The number of carboxylic acids is 1. The number of likely N-dealkylation sites (tertiary alicyclic amines) is 1. The molecule has 6 rings (SSSR count). The summed E-state index contributed by atoms with van der Waals surface area (Å²) in [5.74, 6) is -3.40. The van der Waals surface area contributed by atoms with Crippen molar-refractivity contribution >= 4 is 23.8 Å². The molecule has 0 radical (unpaired) electrons. The van der Waals surface area contributed by atoms with Gasteiger partial charge >= 0.3 is 18.1 Å². The van der Waals surface area contributed by atoms with Gasteiger partial charge in [0.2, 0.25) is 0 Å². The first-order valence-electron chi connectivity index (χ1n) is 12.7. The fourth-order valence-electron chi connectivity index (χ4n) is 5.86. The lowest BCUT2D eigenvalue weighted by molar-refractivity contribution is -0.146. The van der Waals surface area contributed by atoms with Gasteiger partial charge < -0.3 is 19.6 Å². The van der Waals surface area contributed by atoms with Crippen LogP contribution in [0.2, 0.25) is 0 Å². The number of carbonyl (C=O) groups excluding carboxylic acids is 2. The Morgan fingerprint density at radius 3 is 2.32 bits per heavy atom. The van der Waals surface area contributed by atoms with Crippen molar-refractivity contribution in [1.82, 2.24) is 9.80 Å². The predicted molar refractivity (Wildman–Crippen MR) is 128 cm³/mol. The van der Waals surface area contributed by atoms with E-state index in [1.807, 2.05) is 30.3 Å². The second-order valence-electron chi connectivity index (χ2n) is 10.2. The van der Waals surface area contributed by atoms with Crippen molar-refractivity contribution in [2.75, 3.05) is 11.4 Å². The molecular formula is C27H27F2N3O5. The third kappa shape index (κ3) is 3.98. The van der Waals surface area contributed by atoms with Gasteiger partial charge in [0.05, 0.1) is 11.7 Å². The monoisotopic (exact) mass is 511 g/mol. The number of carboxylic acid groups (broad SMARTS) is 1. The number of amides is 3. The average Bonchev–Trinajstić information content (AvgIpc) is 3.65. The molecule has 0 bridgehead atoms. The molecule has 0 aromatic heterocycles. The number of fused-ring (bicyclic) bond motifs is 2. The van der Waals surface area contributed by atoms with E-state index in [0.717, 1.165) is 30.5 Å². The van der Waals surface area contributed by atoms with Gasteiger partial charge in [0.25, 0.3) is 0 Å². The summed E-state index contributed by atoms with van der Waals surface area (Å²) in [4.78, 5) is 43.0. The van der Waals surface area contributed by atoms with E-state index in [9.17, 15) is 28.3 Å². The van der Waals surface area contributed by atoms with Crippen molar-refractivity contribution in [3.8, 4) is 0 Å². The molecule has 194 valence electrons. The third-order valence-electron chi connectivity index (χ3n) is 8.09. The van der Waals surface area contributed by atoms with Crippen molar-refractivity contribution in [3.05, 3.63) is 65.2 Å². The van der Waals surface area contributed by atoms with E-state index in [1.165, 1.54) is 9.80 Å². The van der Waals surface area contributed by atoms with Crippen LogP contribution in [0.3, 0.4) is 0 Å². The standard InChI is InChI=1S/C27H27F2N3O5/c28-19-12-18-23(13-20(19)29)32(27(36)37-14-15-4-2-1-3-5-15)21-9-8-17(21)24(18)31(16-6-7-16)26(35)30-11-10-22(30)25(33)34/h1-5,12-13,16-17,21-22,24H,6-11,14H2,(H,33,34)/t17-,21+,22+,24+/m0/s1. The molecular weight excluding hydrogens is 484 g/mol. The smallest absolute Gasteiger partial charge is 0.414 e. The topological polar surface area (TPSA) is 90.4 Å². The number of nitrogens with zero attached hydrogens (tertiary/aromatic N) is 3. The minimum absolute atomic E-state index is 0.0359. The van der Waals surface area contributed by atoms with Crippen molar-refractivity contribution in [3.63, 3.8) is 0 Å². The first-order valence-corrected chi connectivity index (χ1v) is 12.7. The molecule has 2 aromatic carbocycles. The van der Waals surface area contributed by atoms with Gasteiger partial charge in [-0.15, -0.1) is 0 Å². The normalized spacial score (nSPS) is 25.8. The zero-order chi connectivity index (χ0) is 25.8. The highest BCUT2D eigenvalue weighted by Gasteiger charge is 2.56. The van der Waals surface area contributed by atoms with E-state index >= 15 is 0 Å². The van der Waals surface area contributed by atoms with Gasteiger partial charge in [-0.1, -0.05) is 30.3 Å². The second-order valence-corrected chi connectivity index (χ2v) is 10.2.